The summed E-state index contributed by atoms with van der Waals surface area (Å²) in [6.45, 7) is 3.24. The van der Waals surface area contributed by atoms with Gasteiger partial charge in [0.2, 0.25) is 15.9 Å². The number of carbonyl (C=O) groups is 1. The Kier molecular flexibility index (Phi) is 6.45. The van der Waals surface area contributed by atoms with Gasteiger partial charge >= 0.3 is 0 Å². The number of methoxy groups -OCH3 is 1. The molecule has 3 aromatic rings. The van der Waals surface area contributed by atoms with E-state index in [2.05, 4.69) is 5.32 Å². The average molecular weight is 455 g/mol. The fourth-order valence-electron chi connectivity index (χ4n) is 3.71. The summed E-state index contributed by atoms with van der Waals surface area (Å²) >= 11 is 0. The highest BCUT2D eigenvalue weighted by Crippen LogP contribution is 2.27. The third-order valence-corrected chi connectivity index (χ3v) is 7.57. The lowest BCUT2D eigenvalue weighted by atomic mass is 9.97. The fourth-order valence-corrected chi connectivity index (χ4v) is 5.17. The first-order chi connectivity index (χ1) is 15.4. The Morgan fingerprint density at radius 2 is 1.75 bits per heavy atom. The lowest BCUT2D eigenvalue weighted by molar-refractivity contribution is -0.117. The quantitative estimate of drug-likeness (QED) is 0.615. The van der Waals surface area contributed by atoms with Crippen LogP contribution in [0.4, 0.5) is 5.69 Å². The molecular formula is C24H26N2O5S. The van der Waals surface area contributed by atoms with E-state index in [0.717, 1.165) is 22.1 Å². The number of fused-ring (bicyclic) bond motifs is 1. The Morgan fingerprint density at radius 3 is 2.50 bits per heavy atom. The molecule has 0 aliphatic carbocycles. The number of hydrogen-bond acceptors (Lipinski definition) is 5. The molecule has 168 valence electrons. The predicted molar refractivity (Wildman–Crippen MR) is 124 cm³/mol. The van der Waals surface area contributed by atoms with Crippen molar-refractivity contribution in [1.29, 1.82) is 0 Å². The number of amides is 1. The number of nitrogens with zero attached hydrogens (tertiary/aromatic N) is 1. The highest BCUT2D eigenvalue weighted by molar-refractivity contribution is 7.89. The van der Waals surface area contributed by atoms with E-state index in [-0.39, 0.29) is 10.8 Å². The Balaban J connectivity index is 1.51. The van der Waals surface area contributed by atoms with Crippen LogP contribution in [0, 0.1) is 0 Å². The maximum Gasteiger partial charge on any atom is 0.243 e. The standard InChI is InChI=1S/C24H26N2O5S/c1-17(18-6-7-20-15-22(30-2)9-8-19(20)14-18)24(27)25-21-4-3-5-23(16-21)32(28,29)26-10-12-31-13-11-26/h3-9,14-17H,10-13H2,1-2H3,(H,25,27)/t17-/m0/s1. The molecule has 32 heavy (non-hydrogen) atoms. The molecule has 1 saturated heterocycles. The van der Waals surface area contributed by atoms with Gasteiger partial charge in [0.05, 0.1) is 31.1 Å². The smallest absolute Gasteiger partial charge is 0.243 e. The zero-order valence-corrected chi connectivity index (χ0v) is 18.9. The zero-order chi connectivity index (χ0) is 22.7. The van der Waals surface area contributed by atoms with Gasteiger partial charge in [-0.1, -0.05) is 30.3 Å². The summed E-state index contributed by atoms with van der Waals surface area (Å²) in [6, 6.07) is 18.0. The molecule has 1 aliphatic rings. The molecule has 1 amide bonds. The summed E-state index contributed by atoms with van der Waals surface area (Å²) in [7, 11) is -2.00. The van der Waals surface area contributed by atoms with Gasteiger partial charge in [-0.3, -0.25) is 4.79 Å². The number of ether oxygens (including phenoxy) is 2. The van der Waals surface area contributed by atoms with Crippen LogP contribution >= 0.6 is 0 Å². The number of rotatable bonds is 6. The molecule has 0 radical (unpaired) electrons. The maximum absolute atomic E-state index is 12.9. The molecular weight excluding hydrogens is 428 g/mol. The van der Waals surface area contributed by atoms with Gasteiger partial charge in [-0.05, 0) is 53.6 Å². The second kappa shape index (κ2) is 9.28. The Bertz CT molecular complexity index is 1240. The SMILES string of the molecule is COc1ccc2cc([C@H](C)C(=O)Nc3cccc(S(=O)(=O)N4CCOCC4)c3)ccc2c1. The van der Waals surface area contributed by atoms with Crippen LogP contribution in [0.2, 0.25) is 0 Å². The van der Waals surface area contributed by atoms with Crippen LogP contribution in [0.5, 0.6) is 5.75 Å². The molecule has 0 saturated carbocycles. The number of benzene rings is 3. The molecule has 8 heteroatoms. The van der Waals surface area contributed by atoms with Gasteiger partial charge in [-0.25, -0.2) is 8.42 Å². The number of morpholine rings is 1. The van der Waals surface area contributed by atoms with Crippen LogP contribution in [0.15, 0.2) is 65.6 Å². The monoisotopic (exact) mass is 454 g/mol. The predicted octanol–water partition coefficient (Wildman–Crippen LogP) is 3.61. The number of anilines is 1. The molecule has 0 spiro atoms. The molecule has 1 atom stereocenters. The largest absolute Gasteiger partial charge is 0.497 e. The second-order valence-electron chi connectivity index (χ2n) is 7.73. The third-order valence-electron chi connectivity index (χ3n) is 5.67. The Hall–Kier alpha value is -2.94. The van der Waals surface area contributed by atoms with E-state index in [1.165, 1.54) is 10.4 Å². The van der Waals surface area contributed by atoms with Gasteiger partial charge in [0.25, 0.3) is 0 Å². The number of hydrogen-bond donors (Lipinski definition) is 1. The van der Waals surface area contributed by atoms with E-state index in [4.69, 9.17) is 9.47 Å². The first kappa shape index (κ1) is 22.3. The molecule has 7 nitrogen and oxygen atoms in total. The summed E-state index contributed by atoms with van der Waals surface area (Å²) in [5.74, 6) is 0.155. The number of nitrogens with one attached hydrogen (secondary N) is 1. The van der Waals surface area contributed by atoms with E-state index in [1.54, 1.807) is 25.3 Å². The molecule has 1 N–H and O–H groups in total. The van der Waals surface area contributed by atoms with Crippen LogP contribution in [-0.2, 0) is 19.6 Å². The highest BCUT2D eigenvalue weighted by Gasteiger charge is 2.26. The van der Waals surface area contributed by atoms with Gasteiger partial charge in [-0.15, -0.1) is 0 Å². The topological polar surface area (TPSA) is 84.9 Å². The minimum atomic E-state index is -3.63. The molecule has 0 aromatic heterocycles. The molecule has 1 fully saturated rings. The zero-order valence-electron chi connectivity index (χ0n) is 18.1. The van der Waals surface area contributed by atoms with E-state index >= 15 is 0 Å². The van der Waals surface area contributed by atoms with Crippen LogP contribution in [0.3, 0.4) is 0 Å². The van der Waals surface area contributed by atoms with Gasteiger partial charge in [-0.2, -0.15) is 4.31 Å². The highest BCUT2D eigenvalue weighted by atomic mass is 32.2. The van der Waals surface area contributed by atoms with Crippen molar-refractivity contribution >= 4 is 32.4 Å². The molecule has 0 unspecified atom stereocenters. The van der Waals surface area contributed by atoms with E-state index in [0.29, 0.717) is 32.0 Å². The van der Waals surface area contributed by atoms with Gasteiger partial charge in [0.1, 0.15) is 5.75 Å². The van der Waals surface area contributed by atoms with E-state index < -0.39 is 15.9 Å². The van der Waals surface area contributed by atoms with Crippen molar-refractivity contribution in [1.82, 2.24) is 4.31 Å². The first-order valence-electron chi connectivity index (χ1n) is 10.4. The van der Waals surface area contributed by atoms with Crippen molar-refractivity contribution in [2.75, 3.05) is 38.7 Å². The minimum Gasteiger partial charge on any atom is -0.497 e. The summed E-state index contributed by atoms with van der Waals surface area (Å²) < 4.78 is 37.7. The van der Waals surface area contributed by atoms with Crippen LogP contribution in [0.25, 0.3) is 10.8 Å². The summed E-state index contributed by atoms with van der Waals surface area (Å²) in [6.07, 6.45) is 0. The van der Waals surface area contributed by atoms with E-state index in [1.807, 2.05) is 43.3 Å². The van der Waals surface area contributed by atoms with Crippen molar-refractivity contribution in [2.24, 2.45) is 0 Å². The number of sulfonamides is 1. The average Bonchev–Trinajstić information content (AvgIpc) is 2.83. The van der Waals surface area contributed by atoms with Crippen molar-refractivity contribution < 1.29 is 22.7 Å². The maximum atomic E-state index is 12.9. The third kappa shape index (κ3) is 4.62. The van der Waals surface area contributed by atoms with Crippen LogP contribution in [0.1, 0.15) is 18.4 Å². The van der Waals surface area contributed by atoms with Gasteiger partial charge < -0.3 is 14.8 Å². The summed E-state index contributed by atoms with van der Waals surface area (Å²) in [5, 5.41) is 4.90. The minimum absolute atomic E-state index is 0.157. The molecule has 4 rings (SSSR count). The van der Waals surface area contributed by atoms with Crippen molar-refractivity contribution in [3.63, 3.8) is 0 Å². The molecule has 1 heterocycles. The summed E-state index contributed by atoms with van der Waals surface area (Å²) in [4.78, 5) is 13.1. The Labute approximate surface area is 188 Å². The first-order valence-corrected chi connectivity index (χ1v) is 11.9. The Morgan fingerprint density at radius 1 is 1.03 bits per heavy atom. The van der Waals surface area contributed by atoms with E-state index in [9.17, 15) is 13.2 Å². The van der Waals surface area contributed by atoms with Crippen molar-refractivity contribution in [3.05, 3.63) is 66.2 Å². The normalized spacial score (nSPS) is 15.9. The lowest BCUT2D eigenvalue weighted by Gasteiger charge is -2.26. The van der Waals surface area contributed by atoms with Crippen LogP contribution < -0.4 is 10.1 Å². The van der Waals surface area contributed by atoms with Crippen molar-refractivity contribution in [2.45, 2.75) is 17.7 Å². The fraction of sp³-hybridized carbons (Fsp3) is 0.292. The summed E-state index contributed by atoms with van der Waals surface area (Å²) in [5.41, 5.74) is 1.32. The van der Waals surface area contributed by atoms with Gasteiger partial charge in [0.15, 0.2) is 0 Å². The van der Waals surface area contributed by atoms with Crippen LogP contribution in [-0.4, -0.2) is 52.0 Å². The molecule has 3 aromatic carbocycles. The molecule has 0 bridgehead atoms. The van der Waals surface area contributed by atoms with Gasteiger partial charge in [0, 0.05) is 18.8 Å². The number of carbonyl (C=O) groups excluding carboxylic acids is 1. The van der Waals surface area contributed by atoms with Crippen molar-refractivity contribution in [3.8, 4) is 5.75 Å². The lowest BCUT2D eigenvalue weighted by Crippen LogP contribution is -2.40. The second-order valence-corrected chi connectivity index (χ2v) is 9.67. The molecule has 1 aliphatic heterocycles.